The van der Waals surface area contributed by atoms with Crippen molar-refractivity contribution in [3.8, 4) is 0 Å². The van der Waals surface area contributed by atoms with Gasteiger partial charge in [0.25, 0.3) is 0 Å². The highest BCUT2D eigenvalue weighted by Crippen LogP contribution is 2.27. The van der Waals surface area contributed by atoms with Crippen molar-refractivity contribution in [2.75, 3.05) is 0 Å². The molecule has 0 aliphatic heterocycles. The second-order valence-electron chi connectivity index (χ2n) is 3.41. The smallest absolute Gasteiger partial charge is 0.216 e. The number of carbonyl (C=O) groups is 1. The van der Waals surface area contributed by atoms with Gasteiger partial charge in [0.05, 0.1) is 0 Å². The first-order valence-electron chi connectivity index (χ1n) is 4.29. The Hall–Kier alpha value is -0.500. The summed E-state index contributed by atoms with van der Waals surface area (Å²) < 4.78 is 0. The number of aryl methyl sites for hydroxylation is 3. The van der Waals surface area contributed by atoms with Crippen LogP contribution in [0.4, 0.5) is 0 Å². The number of benzene rings is 1. The third-order valence-corrected chi connectivity index (χ3v) is 3.29. The highest BCUT2D eigenvalue weighted by atomic mass is 32.4. The molecule has 0 aliphatic carbocycles. The Balaban J connectivity index is 3.35. The molecule has 0 amide bonds. The zero-order chi connectivity index (χ0) is 10.9. The van der Waals surface area contributed by atoms with E-state index in [-0.39, 0.29) is 5.52 Å². The van der Waals surface area contributed by atoms with E-state index in [0.29, 0.717) is 5.56 Å². The van der Waals surface area contributed by atoms with Crippen molar-refractivity contribution in [1.82, 2.24) is 0 Å². The molecule has 1 unspecified atom stereocenters. The van der Waals surface area contributed by atoms with Crippen molar-refractivity contribution < 1.29 is 9.69 Å². The van der Waals surface area contributed by atoms with Crippen LogP contribution in [0, 0.1) is 20.8 Å². The van der Waals surface area contributed by atoms with Crippen LogP contribution in [0.5, 0.6) is 0 Å². The van der Waals surface area contributed by atoms with Gasteiger partial charge < -0.3 is 4.89 Å². The largest absolute Gasteiger partial charge is 0.361 e. The van der Waals surface area contributed by atoms with Crippen molar-refractivity contribution in [2.24, 2.45) is 0 Å². The molecule has 0 radical (unpaired) electrons. The van der Waals surface area contributed by atoms with Crippen LogP contribution in [-0.2, 0) is 11.8 Å². The second-order valence-corrected chi connectivity index (χ2v) is 5.63. The summed E-state index contributed by atoms with van der Waals surface area (Å²) in [4.78, 5) is 20.7. The van der Waals surface area contributed by atoms with Gasteiger partial charge >= 0.3 is 0 Å². The van der Waals surface area contributed by atoms with Crippen LogP contribution in [0.3, 0.4) is 0 Å². The van der Waals surface area contributed by atoms with Crippen molar-refractivity contribution in [3.63, 3.8) is 0 Å². The molecule has 0 spiro atoms. The molecule has 0 aliphatic rings. The fourth-order valence-electron chi connectivity index (χ4n) is 1.65. The summed E-state index contributed by atoms with van der Waals surface area (Å²) in [5.41, 5.74) is 3.23. The molecule has 1 atom stereocenters. The van der Waals surface area contributed by atoms with E-state index < -0.39 is 6.92 Å². The van der Waals surface area contributed by atoms with E-state index in [1.807, 2.05) is 32.9 Å². The molecule has 0 heterocycles. The molecule has 2 nitrogen and oxygen atoms in total. The van der Waals surface area contributed by atoms with Crippen molar-refractivity contribution in [3.05, 3.63) is 34.4 Å². The van der Waals surface area contributed by atoms with Gasteiger partial charge in [-0.3, -0.25) is 4.79 Å². The minimum absolute atomic E-state index is 0.278. The molecule has 4 heteroatoms. The van der Waals surface area contributed by atoms with Crippen LogP contribution in [0.15, 0.2) is 12.1 Å². The van der Waals surface area contributed by atoms with Crippen LogP contribution >= 0.6 is 6.92 Å². The third-order valence-electron chi connectivity index (χ3n) is 2.10. The maximum absolute atomic E-state index is 11.6. The summed E-state index contributed by atoms with van der Waals surface area (Å²) >= 11 is 4.64. The predicted molar refractivity (Wildman–Crippen MR) is 62.9 cm³/mol. The Morgan fingerprint density at radius 1 is 1.29 bits per heavy atom. The number of hydrogen-bond acceptors (Lipinski definition) is 2. The number of rotatable bonds is 2. The summed E-state index contributed by atoms with van der Waals surface area (Å²) in [5, 5.41) is 0. The van der Waals surface area contributed by atoms with E-state index >= 15 is 0 Å². The standard InChI is InChI=1S/C10H13O2PS/c1-6-4-7(2)9(8(3)5-6)10(11)13(12)14/h4-5,13H,1-3H3,(H,12,14). The van der Waals surface area contributed by atoms with Crippen molar-refractivity contribution in [2.45, 2.75) is 20.8 Å². The van der Waals surface area contributed by atoms with E-state index in [1.54, 1.807) is 0 Å². The summed E-state index contributed by atoms with van der Waals surface area (Å²) in [6.45, 7) is 3.44. The van der Waals surface area contributed by atoms with E-state index in [0.717, 1.165) is 16.7 Å². The monoisotopic (exact) mass is 228 g/mol. The van der Waals surface area contributed by atoms with Gasteiger partial charge in [-0.05, 0) is 31.9 Å². The molecule has 1 aromatic carbocycles. The van der Waals surface area contributed by atoms with E-state index in [4.69, 9.17) is 4.89 Å². The topological polar surface area (TPSA) is 37.3 Å². The lowest BCUT2D eigenvalue weighted by molar-refractivity contribution is 0.107. The van der Waals surface area contributed by atoms with Gasteiger partial charge in [0.15, 0.2) is 0 Å². The molecule has 76 valence electrons. The zero-order valence-corrected chi connectivity index (χ0v) is 10.2. The Morgan fingerprint density at radius 3 is 2.07 bits per heavy atom. The Kier molecular flexibility index (Phi) is 3.59. The van der Waals surface area contributed by atoms with Gasteiger partial charge in [-0.2, -0.15) is 0 Å². The minimum Gasteiger partial charge on any atom is -0.361 e. The SMILES string of the molecule is Cc1cc(C)c(C(=O)[PH](O)=S)c(C)c1. The molecule has 0 fully saturated rings. The van der Waals surface area contributed by atoms with Gasteiger partial charge in [0.2, 0.25) is 5.52 Å². The molecular formula is C10H13O2PS. The average Bonchev–Trinajstić information content (AvgIpc) is 2.01. The zero-order valence-electron chi connectivity index (χ0n) is 8.42. The Labute approximate surface area is 89.5 Å². The first kappa shape index (κ1) is 11.6. The lowest BCUT2D eigenvalue weighted by Gasteiger charge is -2.09. The van der Waals surface area contributed by atoms with Gasteiger partial charge in [-0.25, -0.2) is 0 Å². The Morgan fingerprint density at radius 2 is 1.71 bits per heavy atom. The number of hydrogen-bond donors (Lipinski definition) is 1. The van der Waals surface area contributed by atoms with E-state index in [9.17, 15) is 4.79 Å². The van der Waals surface area contributed by atoms with Gasteiger partial charge in [0, 0.05) is 5.56 Å². The van der Waals surface area contributed by atoms with E-state index in [1.165, 1.54) is 0 Å². The van der Waals surface area contributed by atoms with Crippen LogP contribution in [0.25, 0.3) is 0 Å². The lowest BCUT2D eigenvalue weighted by Crippen LogP contribution is -2.00. The van der Waals surface area contributed by atoms with Gasteiger partial charge in [-0.1, -0.05) is 29.5 Å². The first-order chi connectivity index (χ1) is 6.43. The maximum atomic E-state index is 11.6. The molecule has 0 saturated heterocycles. The Bertz CT molecular complexity index is 390. The van der Waals surface area contributed by atoms with Crippen LogP contribution < -0.4 is 0 Å². The van der Waals surface area contributed by atoms with Gasteiger partial charge in [0.1, 0.15) is 6.92 Å². The van der Waals surface area contributed by atoms with Crippen LogP contribution in [0.1, 0.15) is 27.0 Å². The highest BCUT2D eigenvalue weighted by Gasteiger charge is 2.14. The molecule has 0 bridgehead atoms. The molecule has 1 aromatic rings. The second kappa shape index (κ2) is 4.35. The molecule has 0 saturated carbocycles. The van der Waals surface area contributed by atoms with Crippen LogP contribution in [0.2, 0.25) is 0 Å². The summed E-state index contributed by atoms with van der Waals surface area (Å²) in [6, 6.07) is 3.86. The third kappa shape index (κ3) is 2.30. The van der Waals surface area contributed by atoms with E-state index in [2.05, 4.69) is 11.8 Å². The average molecular weight is 228 g/mol. The predicted octanol–water partition coefficient (Wildman–Crippen LogP) is 2.34. The van der Waals surface area contributed by atoms with Crippen molar-refractivity contribution in [1.29, 1.82) is 0 Å². The summed E-state index contributed by atoms with van der Waals surface area (Å²) in [5.74, 6) is 0. The van der Waals surface area contributed by atoms with Gasteiger partial charge in [-0.15, -0.1) is 0 Å². The fourth-order valence-corrected chi connectivity index (χ4v) is 2.56. The molecular weight excluding hydrogens is 215 g/mol. The summed E-state index contributed by atoms with van der Waals surface area (Å²) in [7, 11) is 0. The molecule has 0 aromatic heterocycles. The maximum Gasteiger partial charge on any atom is 0.216 e. The lowest BCUT2D eigenvalue weighted by atomic mass is 10.0. The fraction of sp³-hybridized carbons (Fsp3) is 0.300. The minimum atomic E-state index is -2.28. The molecule has 14 heavy (non-hydrogen) atoms. The van der Waals surface area contributed by atoms with Crippen LogP contribution in [-0.4, -0.2) is 10.4 Å². The summed E-state index contributed by atoms with van der Waals surface area (Å²) in [6.07, 6.45) is 0. The quantitative estimate of drug-likeness (QED) is 0.789. The van der Waals surface area contributed by atoms with Crippen molar-refractivity contribution >= 4 is 24.3 Å². The number of carbonyl (C=O) groups excluding carboxylic acids is 1. The highest BCUT2D eigenvalue weighted by molar-refractivity contribution is 8.10. The normalized spacial score (nSPS) is 12.6. The molecule has 1 N–H and O–H groups in total. The first-order valence-corrected chi connectivity index (χ1v) is 6.87. The molecule has 1 rings (SSSR count).